The Kier molecular flexibility index (Phi) is 6.71. The van der Waals surface area contributed by atoms with Crippen LogP contribution in [0, 0.1) is 12.8 Å². The molecule has 0 saturated carbocycles. The molecule has 2 aliphatic rings. The Bertz CT molecular complexity index is 917. The van der Waals surface area contributed by atoms with E-state index >= 15 is 0 Å². The molecule has 0 spiro atoms. The molecule has 2 aromatic rings. The van der Waals surface area contributed by atoms with Crippen molar-refractivity contribution < 1.29 is 9.59 Å². The van der Waals surface area contributed by atoms with E-state index in [0.717, 1.165) is 50.0 Å². The number of nitrogens with zero attached hydrogens (tertiary/aromatic N) is 2. The maximum atomic E-state index is 13.6. The van der Waals surface area contributed by atoms with E-state index in [9.17, 15) is 9.59 Å². The SMILES string of the molecule is Cc1ccc(CNC(=O)CN2CCc3ccccc3C2C(=O)N2CCC(C)CC2)cc1. The van der Waals surface area contributed by atoms with E-state index in [1.807, 2.05) is 29.2 Å². The highest BCUT2D eigenvalue weighted by molar-refractivity contribution is 5.85. The molecule has 31 heavy (non-hydrogen) atoms. The molecule has 0 radical (unpaired) electrons. The minimum absolute atomic E-state index is 0.0370. The second-order valence-electron chi connectivity index (χ2n) is 9.09. The Morgan fingerprint density at radius 1 is 1.00 bits per heavy atom. The summed E-state index contributed by atoms with van der Waals surface area (Å²) < 4.78 is 0. The summed E-state index contributed by atoms with van der Waals surface area (Å²) in [5, 5.41) is 3.03. The number of fused-ring (bicyclic) bond motifs is 1. The highest BCUT2D eigenvalue weighted by atomic mass is 16.2. The first-order chi connectivity index (χ1) is 15.0. The summed E-state index contributed by atoms with van der Waals surface area (Å²) in [5.74, 6) is 0.779. The molecule has 2 amide bonds. The fraction of sp³-hybridized carbons (Fsp3) is 0.462. The smallest absolute Gasteiger partial charge is 0.244 e. The number of hydrogen-bond donors (Lipinski definition) is 1. The van der Waals surface area contributed by atoms with Gasteiger partial charge in [0.15, 0.2) is 0 Å². The second kappa shape index (κ2) is 9.65. The summed E-state index contributed by atoms with van der Waals surface area (Å²) in [6.45, 7) is 7.39. The third-order valence-electron chi connectivity index (χ3n) is 6.67. The molecule has 0 aromatic heterocycles. The van der Waals surface area contributed by atoms with E-state index in [0.29, 0.717) is 12.5 Å². The molecule has 1 atom stereocenters. The molecule has 1 saturated heterocycles. The number of piperidine rings is 1. The van der Waals surface area contributed by atoms with Crippen molar-refractivity contribution in [3.63, 3.8) is 0 Å². The monoisotopic (exact) mass is 419 g/mol. The van der Waals surface area contributed by atoms with Crippen LogP contribution in [0.25, 0.3) is 0 Å². The number of aryl methyl sites for hydroxylation is 1. The van der Waals surface area contributed by atoms with E-state index in [4.69, 9.17) is 0 Å². The Labute approximate surface area is 185 Å². The van der Waals surface area contributed by atoms with Crippen molar-refractivity contribution in [3.8, 4) is 0 Å². The van der Waals surface area contributed by atoms with Crippen LogP contribution in [-0.2, 0) is 22.6 Å². The molecular formula is C26H33N3O2. The van der Waals surface area contributed by atoms with Gasteiger partial charge in [0.05, 0.1) is 6.54 Å². The Balaban J connectivity index is 1.46. The molecule has 0 bridgehead atoms. The number of hydrogen-bond acceptors (Lipinski definition) is 3. The third-order valence-corrected chi connectivity index (χ3v) is 6.67. The first kappa shape index (κ1) is 21.6. The standard InChI is InChI=1S/C26H33N3O2/c1-19-7-9-21(10-8-19)17-27-24(30)18-29-16-13-22-5-3-4-6-23(22)25(29)26(31)28-14-11-20(2)12-15-28/h3-10,20,25H,11-18H2,1-2H3,(H,27,30). The average Bonchev–Trinajstić information content (AvgIpc) is 2.78. The van der Waals surface area contributed by atoms with Crippen LogP contribution in [0.4, 0.5) is 0 Å². The molecule has 1 N–H and O–H groups in total. The van der Waals surface area contributed by atoms with E-state index in [-0.39, 0.29) is 24.4 Å². The Morgan fingerprint density at radius 3 is 2.45 bits per heavy atom. The summed E-state index contributed by atoms with van der Waals surface area (Å²) in [7, 11) is 0. The minimum atomic E-state index is -0.372. The first-order valence-corrected chi connectivity index (χ1v) is 11.4. The van der Waals surface area contributed by atoms with Crippen LogP contribution in [0.3, 0.4) is 0 Å². The summed E-state index contributed by atoms with van der Waals surface area (Å²) >= 11 is 0. The molecule has 0 aliphatic carbocycles. The fourth-order valence-corrected chi connectivity index (χ4v) is 4.63. The Hall–Kier alpha value is -2.66. The van der Waals surface area contributed by atoms with Crippen LogP contribution >= 0.6 is 0 Å². The molecule has 5 nitrogen and oxygen atoms in total. The van der Waals surface area contributed by atoms with Crippen LogP contribution in [0.15, 0.2) is 48.5 Å². The first-order valence-electron chi connectivity index (χ1n) is 11.4. The Morgan fingerprint density at radius 2 is 1.71 bits per heavy atom. The lowest BCUT2D eigenvalue weighted by Gasteiger charge is -2.40. The fourth-order valence-electron chi connectivity index (χ4n) is 4.63. The number of rotatable bonds is 5. The highest BCUT2D eigenvalue weighted by Crippen LogP contribution is 2.32. The van der Waals surface area contributed by atoms with Crippen molar-refractivity contribution in [1.82, 2.24) is 15.1 Å². The molecular weight excluding hydrogens is 386 g/mol. The third kappa shape index (κ3) is 5.16. The molecule has 1 fully saturated rings. The lowest BCUT2D eigenvalue weighted by molar-refractivity contribution is -0.140. The van der Waals surface area contributed by atoms with Gasteiger partial charge in [0.2, 0.25) is 11.8 Å². The van der Waals surface area contributed by atoms with E-state index < -0.39 is 0 Å². The molecule has 2 heterocycles. The number of nitrogens with one attached hydrogen (secondary N) is 1. The van der Waals surface area contributed by atoms with Crippen molar-refractivity contribution in [2.24, 2.45) is 5.92 Å². The lowest BCUT2D eigenvalue weighted by atomic mass is 9.90. The van der Waals surface area contributed by atoms with E-state index in [1.165, 1.54) is 11.1 Å². The number of benzene rings is 2. The van der Waals surface area contributed by atoms with E-state index in [1.54, 1.807) is 0 Å². The zero-order valence-electron chi connectivity index (χ0n) is 18.6. The number of carbonyl (C=O) groups is 2. The number of amides is 2. The van der Waals surface area contributed by atoms with Gasteiger partial charge >= 0.3 is 0 Å². The molecule has 1 unspecified atom stereocenters. The van der Waals surface area contributed by atoms with Gasteiger partial charge in [-0.1, -0.05) is 61.0 Å². The van der Waals surface area contributed by atoms with Crippen molar-refractivity contribution in [3.05, 3.63) is 70.8 Å². The summed E-state index contributed by atoms with van der Waals surface area (Å²) in [5.41, 5.74) is 4.57. The van der Waals surface area contributed by atoms with Crippen molar-refractivity contribution in [1.29, 1.82) is 0 Å². The van der Waals surface area contributed by atoms with Crippen LogP contribution in [0.2, 0.25) is 0 Å². The molecule has 2 aliphatic heterocycles. The topological polar surface area (TPSA) is 52.7 Å². The van der Waals surface area contributed by atoms with Gasteiger partial charge < -0.3 is 10.2 Å². The van der Waals surface area contributed by atoms with Gasteiger partial charge in [0.1, 0.15) is 6.04 Å². The van der Waals surface area contributed by atoms with Crippen LogP contribution in [0.5, 0.6) is 0 Å². The summed E-state index contributed by atoms with van der Waals surface area (Å²) in [6.07, 6.45) is 2.97. The van der Waals surface area contributed by atoms with Gasteiger partial charge in [-0.15, -0.1) is 0 Å². The predicted octanol–water partition coefficient (Wildman–Crippen LogP) is 3.47. The zero-order valence-corrected chi connectivity index (χ0v) is 18.6. The van der Waals surface area contributed by atoms with Gasteiger partial charge in [-0.3, -0.25) is 14.5 Å². The quantitative estimate of drug-likeness (QED) is 0.807. The van der Waals surface area contributed by atoms with Crippen molar-refractivity contribution in [2.75, 3.05) is 26.2 Å². The van der Waals surface area contributed by atoms with Gasteiger partial charge in [-0.05, 0) is 48.8 Å². The van der Waals surface area contributed by atoms with Crippen molar-refractivity contribution in [2.45, 2.75) is 45.7 Å². The summed E-state index contributed by atoms with van der Waals surface area (Å²) in [6, 6.07) is 16.0. The van der Waals surface area contributed by atoms with E-state index in [2.05, 4.69) is 48.3 Å². The predicted molar refractivity (Wildman–Crippen MR) is 122 cm³/mol. The van der Waals surface area contributed by atoms with Crippen LogP contribution in [0.1, 0.15) is 48.1 Å². The minimum Gasteiger partial charge on any atom is -0.351 e. The largest absolute Gasteiger partial charge is 0.351 e. The zero-order chi connectivity index (χ0) is 21.8. The molecule has 5 heteroatoms. The normalized spacial score (nSPS) is 19.7. The molecule has 2 aromatic carbocycles. The van der Waals surface area contributed by atoms with Gasteiger partial charge in [0, 0.05) is 26.2 Å². The highest BCUT2D eigenvalue weighted by Gasteiger charge is 2.37. The lowest BCUT2D eigenvalue weighted by Crippen LogP contribution is -2.50. The maximum absolute atomic E-state index is 13.6. The van der Waals surface area contributed by atoms with Crippen LogP contribution in [-0.4, -0.2) is 47.8 Å². The second-order valence-corrected chi connectivity index (χ2v) is 9.09. The number of carbonyl (C=O) groups excluding carboxylic acids is 2. The van der Waals surface area contributed by atoms with Gasteiger partial charge in [0.25, 0.3) is 0 Å². The maximum Gasteiger partial charge on any atom is 0.244 e. The van der Waals surface area contributed by atoms with Crippen LogP contribution < -0.4 is 5.32 Å². The summed E-state index contributed by atoms with van der Waals surface area (Å²) in [4.78, 5) is 30.4. The molecule has 164 valence electrons. The molecule has 4 rings (SSSR count). The number of likely N-dealkylation sites (tertiary alicyclic amines) is 1. The average molecular weight is 420 g/mol. The van der Waals surface area contributed by atoms with Gasteiger partial charge in [-0.2, -0.15) is 0 Å². The van der Waals surface area contributed by atoms with Crippen molar-refractivity contribution >= 4 is 11.8 Å². The van der Waals surface area contributed by atoms with Gasteiger partial charge in [-0.25, -0.2) is 0 Å².